The second-order valence-corrected chi connectivity index (χ2v) is 11.6. The second-order valence-electron chi connectivity index (χ2n) is 8.91. The molecule has 1 aromatic heterocycles. The van der Waals surface area contributed by atoms with Gasteiger partial charge in [-0.2, -0.15) is 0 Å². The van der Waals surface area contributed by atoms with E-state index in [4.69, 9.17) is 5.14 Å². The van der Waals surface area contributed by atoms with E-state index in [1.807, 2.05) is 0 Å². The molecule has 1 amide bonds. The summed E-state index contributed by atoms with van der Waals surface area (Å²) in [6.45, 7) is 7.41. The van der Waals surface area contributed by atoms with Crippen LogP contribution in [-0.2, 0) is 29.3 Å². The molecule has 4 rings (SSSR count). The van der Waals surface area contributed by atoms with E-state index in [9.17, 15) is 13.2 Å². The van der Waals surface area contributed by atoms with Crippen molar-refractivity contribution in [3.63, 3.8) is 0 Å². The maximum absolute atomic E-state index is 13.2. The highest BCUT2D eigenvalue weighted by Gasteiger charge is 2.32. The summed E-state index contributed by atoms with van der Waals surface area (Å²) < 4.78 is 23.4. The predicted octanol–water partition coefficient (Wildman–Crippen LogP) is 3.75. The Balaban J connectivity index is 1.62. The molecule has 5 nitrogen and oxygen atoms in total. The van der Waals surface area contributed by atoms with Gasteiger partial charge in [-0.25, -0.2) is 13.6 Å². The Morgan fingerprint density at radius 2 is 1.93 bits per heavy atom. The molecule has 1 unspecified atom stereocenters. The number of rotatable bonds is 2. The Labute approximate surface area is 170 Å². The average Bonchev–Trinajstić information content (AvgIpc) is 3.22. The molecule has 0 saturated heterocycles. The van der Waals surface area contributed by atoms with Crippen LogP contribution in [0.25, 0.3) is 0 Å². The molecule has 1 aromatic carbocycles. The summed E-state index contributed by atoms with van der Waals surface area (Å²) in [5.74, 6) is 0.583. The number of carbonyl (C=O) groups is 1. The zero-order chi connectivity index (χ0) is 20.3. The van der Waals surface area contributed by atoms with Crippen molar-refractivity contribution in [1.82, 2.24) is 0 Å². The fourth-order valence-electron chi connectivity index (χ4n) is 4.25. The Kier molecular flexibility index (Phi) is 4.68. The molecule has 0 fully saturated rings. The first-order chi connectivity index (χ1) is 13.0. The highest BCUT2D eigenvalue weighted by Crippen LogP contribution is 2.41. The SMILES string of the molecule is CC(C)(C)C1CCc2sc(C(=O)N3CCc4ccc(S(N)(=O)=O)cc43)cc2C1. The van der Waals surface area contributed by atoms with Crippen molar-refractivity contribution in [2.45, 2.75) is 51.3 Å². The van der Waals surface area contributed by atoms with Crippen molar-refractivity contribution in [2.24, 2.45) is 16.5 Å². The number of aryl methyl sites for hydroxylation is 1. The lowest BCUT2D eigenvalue weighted by Crippen LogP contribution is -2.28. The highest BCUT2D eigenvalue weighted by atomic mass is 32.2. The van der Waals surface area contributed by atoms with Crippen molar-refractivity contribution in [1.29, 1.82) is 0 Å². The molecule has 1 aliphatic carbocycles. The fourth-order valence-corrected chi connectivity index (χ4v) is 5.94. The number of primary sulfonamides is 1. The number of fused-ring (bicyclic) bond motifs is 2. The number of thiophene rings is 1. The van der Waals surface area contributed by atoms with Crippen LogP contribution in [0.4, 0.5) is 5.69 Å². The van der Waals surface area contributed by atoms with Gasteiger partial charge in [-0.05, 0) is 66.3 Å². The van der Waals surface area contributed by atoms with Crippen LogP contribution in [0.3, 0.4) is 0 Å². The van der Waals surface area contributed by atoms with E-state index in [-0.39, 0.29) is 16.2 Å². The quantitative estimate of drug-likeness (QED) is 0.806. The van der Waals surface area contributed by atoms with Gasteiger partial charge < -0.3 is 4.90 Å². The zero-order valence-corrected chi connectivity index (χ0v) is 18.1. The third-order valence-corrected chi connectivity index (χ3v) is 8.18. The topological polar surface area (TPSA) is 80.5 Å². The minimum atomic E-state index is -3.80. The summed E-state index contributed by atoms with van der Waals surface area (Å²) >= 11 is 1.59. The van der Waals surface area contributed by atoms with E-state index < -0.39 is 10.0 Å². The number of hydrogen-bond donors (Lipinski definition) is 1. The third kappa shape index (κ3) is 3.51. The predicted molar refractivity (Wildman–Crippen MR) is 112 cm³/mol. The lowest BCUT2D eigenvalue weighted by molar-refractivity contribution is 0.0993. The average molecular weight is 419 g/mol. The molecule has 7 heteroatoms. The number of sulfonamides is 1. The highest BCUT2D eigenvalue weighted by molar-refractivity contribution is 7.89. The Morgan fingerprint density at radius 1 is 1.18 bits per heavy atom. The Hall–Kier alpha value is -1.70. The molecule has 150 valence electrons. The van der Waals surface area contributed by atoms with Crippen LogP contribution >= 0.6 is 11.3 Å². The van der Waals surface area contributed by atoms with E-state index in [0.717, 1.165) is 36.1 Å². The molecule has 2 heterocycles. The summed E-state index contributed by atoms with van der Waals surface area (Å²) in [5.41, 5.74) is 3.21. The molecule has 28 heavy (non-hydrogen) atoms. The van der Waals surface area contributed by atoms with Crippen LogP contribution in [0, 0.1) is 11.3 Å². The van der Waals surface area contributed by atoms with Gasteiger partial charge in [0, 0.05) is 17.1 Å². The van der Waals surface area contributed by atoms with Crippen LogP contribution in [-0.4, -0.2) is 20.9 Å². The molecule has 2 aliphatic rings. The van der Waals surface area contributed by atoms with E-state index in [0.29, 0.717) is 18.2 Å². The van der Waals surface area contributed by atoms with Crippen LogP contribution in [0.2, 0.25) is 0 Å². The van der Waals surface area contributed by atoms with Gasteiger partial charge in [-0.3, -0.25) is 4.79 Å². The van der Waals surface area contributed by atoms with Gasteiger partial charge >= 0.3 is 0 Å². The second kappa shape index (κ2) is 6.68. The van der Waals surface area contributed by atoms with Crippen LogP contribution in [0.1, 0.15) is 52.9 Å². The van der Waals surface area contributed by atoms with E-state index in [1.165, 1.54) is 22.6 Å². The third-order valence-electron chi connectivity index (χ3n) is 6.04. The van der Waals surface area contributed by atoms with Gasteiger partial charge in [0.05, 0.1) is 9.77 Å². The lowest BCUT2D eigenvalue weighted by atomic mass is 9.72. The summed E-state index contributed by atoms with van der Waals surface area (Å²) in [7, 11) is -3.80. The van der Waals surface area contributed by atoms with Crippen LogP contribution < -0.4 is 10.0 Å². The van der Waals surface area contributed by atoms with Gasteiger partial charge in [-0.15, -0.1) is 11.3 Å². The summed E-state index contributed by atoms with van der Waals surface area (Å²) in [4.78, 5) is 17.0. The summed E-state index contributed by atoms with van der Waals surface area (Å²) in [6.07, 6.45) is 3.94. The number of nitrogens with zero attached hydrogens (tertiary/aromatic N) is 1. The van der Waals surface area contributed by atoms with Crippen molar-refractivity contribution in [3.8, 4) is 0 Å². The first kappa shape index (κ1) is 19.6. The maximum atomic E-state index is 13.2. The first-order valence-electron chi connectivity index (χ1n) is 9.63. The smallest absolute Gasteiger partial charge is 0.268 e. The maximum Gasteiger partial charge on any atom is 0.268 e. The van der Waals surface area contributed by atoms with Crippen molar-refractivity contribution in [2.75, 3.05) is 11.4 Å². The zero-order valence-electron chi connectivity index (χ0n) is 16.5. The van der Waals surface area contributed by atoms with Crippen molar-refractivity contribution in [3.05, 3.63) is 45.1 Å². The molecule has 2 aromatic rings. The van der Waals surface area contributed by atoms with E-state index >= 15 is 0 Å². The number of hydrogen-bond acceptors (Lipinski definition) is 4. The minimum Gasteiger partial charge on any atom is -0.307 e. The van der Waals surface area contributed by atoms with Gasteiger partial charge in [0.2, 0.25) is 10.0 Å². The van der Waals surface area contributed by atoms with Crippen molar-refractivity contribution < 1.29 is 13.2 Å². The number of amides is 1. The van der Waals surface area contributed by atoms with Gasteiger partial charge in [-0.1, -0.05) is 26.8 Å². The molecular formula is C21H26N2O3S2. The van der Waals surface area contributed by atoms with Gasteiger partial charge in [0.1, 0.15) is 0 Å². The number of benzene rings is 1. The fraction of sp³-hybridized carbons (Fsp3) is 0.476. The lowest BCUT2D eigenvalue weighted by Gasteiger charge is -2.33. The molecule has 1 atom stereocenters. The molecular weight excluding hydrogens is 392 g/mol. The monoisotopic (exact) mass is 418 g/mol. The molecule has 2 N–H and O–H groups in total. The molecule has 0 radical (unpaired) electrons. The van der Waals surface area contributed by atoms with Gasteiger partial charge in [0.25, 0.3) is 5.91 Å². The van der Waals surface area contributed by atoms with E-state index in [2.05, 4.69) is 26.8 Å². The van der Waals surface area contributed by atoms with Gasteiger partial charge in [0.15, 0.2) is 0 Å². The summed E-state index contributed by atoms with van der Waals surface area (Å²) in [5, 5.41) is 5.27. The molecule has 0 spiro atoms. The number of carbonyl (C=O) groups excluding carboxylic acids is 1. The van der Waals surface area contributed by atoms with Crippen molar-refractivity contribution >= 4 is 33.0 Å². The number of nitrogens with two attached hydrogens (primary N) is 1. The Bertz CT molecular complexity index is 1050. The Morgan fingerprint density at radius 3 is 2.61 bits per heavy atom. The first-order valence-corrected chi connectivity index (χ1v) is 12.0. The largest absolute Gasteiger partial charge is 0.307 e. The molecule has 0 saturated carbocycles. The van der Waals surface area contributed by atoms with E-state index in [1.54, 1.807) is 22.3 Å². The van der Waals surface area contributed by atoms with Crippen LogP contribution in [0.5, 0.6) is 0 Å². The standard InChI is InChI=1S/C21H26N2O3S2/c1-21(2,3)15-5-7-18-14(10-15)11-19(27-18)20(24)23-9-8-13-4-6-16(12-17(13)23)28(22,25)26/h4,6,11-12,15H,5,7-10H2,1-3H3,(H2,22,25,26). The van der Waals surface area contributed by atoms with Crippen LogP contribution in [0.15, 0.2) is 29.2 Å². The number of anilines is 1. The summed E-state index contributed by atoms with van der Waals surface area (Å²) in [6, 6.07) is 6.86. The molecule has 1 aliphatic heterocycles. The normalized spacial score (nSPS) is 19.4. The minimum absolute atomic E-state index is 0.0444. The molecule has 0 bridgehead atoms.